The number of carbonyl (C=O) groups excluding carboxylic acids is 2. The first-order valence-electron chi connectivity index (χ1n) is 12.6. The molecule has 1 atom stereocenters. The molecule has 0 spiro atoms. The molecule has 2 amide bonds. The van der Waals surface area contributed by atoms with Gasteiger partial charge in [0.05, 0.1) is 0 Å². The smallest absolute Gasteiger partial charge is 0.261 e. The molecule has 3 aromatic rings. The second-order valence-corrected chi connectivity index (χ2v) is 8.78. The SMILES string of the molecule is CCCCNC(=O)[C@H](Cc1ccccc1)N(Cc1ccc(F)cc1)C(=O)COc1ccc(CC)cc1. The summed E-state index contributed by atoms with van der Waals surface area (Å²) in [7, 11) is 0. The molecule has 0 bridgehead atoms. The molecule has 36 heavy (non-hydrogen) atoms. The van der Waals surface area contributed by atoms with Gasteiger partial charge in [-0.25, -0.2) is 4.39 Å². The number of carbonyl (C=O) groups is 2. The van der Waals surface area contributed by atoms with E-state index in [-0.39, 0.29) is 30.8 Å². The predicted molar refractivity (Wildman–Crippen MR) is 140 cm³/mol. The van der Waals surface area contributed by atoms with Crippen LogP contribution in [0.5, 0.6) is 5.75 Å². The topological polar surface area (TPSA) is 58.6 Å². The summed E-state index contributed by atoms with van der Waals surface area (Å²) in [6, 6.07) is 22.5. The van der Waals surface area contributed by atoms with Gasteiger partial charge in [-0.05, 0) is 53.8 Å². The quantitative estimate of drug-likeness (QED) is 0.330. The van der Waals surface area contributed by atoms with Gasteiger partial charge in [0.15, 0.2) is 6.61 Å². The van der Waals surface area contributed by atoms with E-state index in [9.17, 15) is 14.0 Å². The molecule has 0 aliphatic carbocycles. The van der Waals surface area contributed by atoms with Gasteiger partial charge in [-0.3, -0.25) is 9.59 Å². The molecule has 3 rings (SSSR count). The third kappa shape index (κ3) is 8.22. The lowest BCUT2D eigenvalue weighted by Gasteiger charge is -2.31. The van der Waals surface area contributed by atoms with Crippen molar-refractivity contribution in [1.29, 1.82) is 0 Å². The summed E-state index contributed by atoms with van der Waals surface area (Å²) >= 11 is 0. The van der Waals surface area contributed by atoms with Gasteiger partial charge in [-0.2, -0.15) is 0 Å². The van der Waals surface area contributed by atoms with E-state index >= 15 is 0 Å². The number of nitrogens with zero attached hydrogens (tertiary/aromatic N) is 1. The molecule has 0 saturated heterocycles. The number of nitrogens with one attached hydrogen (secondary N) is 1. The van der Waals surface area contributed by atoms with Gasteiger partial charge in [0.2, 0.25) is 5.91 Å². The summed E-state index contributed by atoms with van der Waals surface area (Å²) < 4.78 is 19.3. The average molecular weight is 491 g/mol. The Hall–Kier alpha value is -3.67. The highest BCUT2D eigenvalue weighted by atomic mass is 19.1. The van der Waals surface area contributed by atoms with Crippen LogP contribution >= 0.6 is 0 Å². The van der Waals surface area contributed by atoms with Crippen molar-refractivity contribution in [3.63, 3.8) is 0 Å². The Kier molecular flexibility index (Phi) is 10.5. The average Bonchev–Trinajstić information content (AvgIpc) is 2.91. The summed E-state index contributed by atoms with van der Waals surface area (Å²) in [5.74, 6) is -0.288. The fraction of sp³-hybridized carbons (Fsp3) is 0.333. The van der Waals surface area contributed by atoms with E-state index in [1.165, 1.54) is 17.7 Å². The van der Waals surface area contributed by atoms with E-state index in [0.717, 1.165) is 30.4 Å². The van der Waals surface area contributed by atoms with Gasteiger partial charge in [-0.1, -0.05) is 74.9 Å². The second-order valence-electron chi connectivity index (χ2n) is 8.78. The molecule has 5 nitrogen and oxygen atoms in total. The van der Waals surface area contributed by atoms with Gasteiger partial charge < -0.3 is 15.0 Å². The lowest BCUT2D eigenvalue weighted by molar-refractivity contribution is -0.142. The van der Waals surface area contributed by atoms with Crippen LogP contribution in [-0.4, -0.2) is 35.9 Å². The molecular formula is C30H35FN2O3. The number of hydrogen-bond donors (Lipinski definition) is 1. The third-order valence-electron chi connectivity index (χ3n) is 6.06. The third-order valence-corrected chi connectivity index (χ3v) is 6.06. The minimum atomic E-state index is -0.743. The molecule has 0 aliphatic rings. The van der Waals surface area contributed by atoms with Crippen molar-refractivity contribution >= 4 is 11.8 Å². The molecule has 3 aromatic carbocycles. The van der Waals surface area contributed by atoms with Crippen LogP contribution in [0.3, 0.4) is 0 Å². The molecule has 0 fully saturated rings. The first-order chi connectivity index (χ1) is 17.5. The molecule has 0 unspecified atom stereocenters. The Balaban J connectivity index is 1.85. The first kappa shape index (κ1) is 26.9. The molecule has 0 saturated carbocycles. The Labute approximate surface area is 213 Å². The van der Waals surface area contributed by atoms with Crippen LogP contribution < -0.4 is 10.1 Å². The fourth-order valence-corrected chi connectivity index (χ4v) is 3.90. The van der Waals surface area contributed by atoms with Crippen molar-refractivity contribution < 1.29 is 18.7 Å². The van der Waals surface area contributed by atoms with Crippen LogP contribution in [0.2, 0.25) is 0 Å². The molecule has 1 N–H and O–H groups in total. The van der Waals surface area contributed by atoms with Crippen molar-refractivity contribution in [3.8, 4) is 5.75 Å². The van der Waals surface area contributed by atoms with Crippen molar-refractivity contribution in [3.05, 3.63) is 101 Å². The Morgan fingerprint density at radius 1 is 0.889 bits per heavy atom. The Bertz CT molecular complexity index is 1090. The summed E-state index contributed by atoms with van der Waals surface area (Å²) in [6.45, 7) is 4.63. The van der Waals surface area contributed by atoms with Crippen LogP contribution in [0.1, 0.15) is 43.4 Å². The van der Waals surface area contributed by atoms with Gasteiger partial charge in [0, 0.05) is 19.5 Å². The zero-order valence-electron chi connectivity index (χ0n) is 21.1. The molecule has 0 aromatic heterocycles. The van der Waals surface area contributed by atoms with Gasteiger partial charge in [0.1, 0.15) is 17.6 Å². The highest BCUT2D eigenvalue weighted by Gasteiger charge is 2.30. The van der Waals surface area contributed by atoms with E-state index in [4.69, 9.17) is 4.74 Å². The summed E-state index contributed by atoms with van der Waals surface area (Å²) in [6.07, 6.45) is 3.08. The van der Waals surface area contributed by atoms with Crippen LogP contribution in [0.4, 0.5) is 4.39 Å². The normalized spacial score (nSPS) is 11.5. The largest absolute Gasteiger partial charge is 0.484 e. The van der Waals surface area contributed by atoms with Gasteiger partial charge >= 0.3 is 0 Å². The molecule has 0 aliphatic heterocycles. The molecular weight excluding hydrogens is 455 g/mol. The highest BCUT2D eigenvalue weighted by Crippen LogP contribution is 2.17. The maximum absolute atomic E-state index is 13.5. The number of aryl methyl sites for hydroxylation is 1. The molecule has 0 radical (unpaired) electrons. The molecule has 190 valence electrons. The number of rotatable bonds is 13. The van der Waals surface area contributed by atoms with Crippen molar-refractivity contribution in [2.24, 2.45) is 0 Å². The number of benzene rings is 3. The Morgan fingerprint density at radius 2 is 1.56 bits per heavy atom. The van der Waals surface area contributed by atoms with Crippen LogP contribution in [0, 0.1) is 5.82 Å². The van der Waals surface area contributed by atoms with Crippen LogP contribution in [0.25, 0.3) is 0 Å². The summed E-state index contributed by atoms with van der Waals surface area (Å²) in [5, 5.41) is 2.99. The Morgan fingerprint density at radius 3 is 2.19 bits per heavy atom. The zero-order valence-corrected chi connectivity index (χ0v) is 21.1. The zero-order chi connectivity index (χ0) is 25.8. The lowest BCUT2D eigenvalue weighted by Crippen LogP contribution is -2.51. The number of halogens is 1. The first-order valence-corrected chi connectivity index (χ1v) is 12.6. The highest BCUT2D eigenvalue weighted by molar-refractivity contribution is 5.88. The van der Waals surface area contributed by atoms with E-state index in [1.807, 2.05) is 54.6 Å². The van der Waals surface area contributed by atoms with E-state index < -0.39 is 6.04 Å². The van der Waals surface area contributed by atoms with Gasteiger partial charge in [0.25, 0.3) is 5.91 Å². The number of ether oxygens (including phenoxy) is 1. The number of hydrogen-bond acceptors (Lipinski definition) is 3. The summed E-state index contributed by atoms with van der Waals surface area (Å²) in [5.41, 5.74) is 2.86. The van der Waals surface area contributed by atoms with E-state index in [2.05, 4.69) is 19.2 Å². The van der Waals surface area contributed by atoms with Crippen molar-refractivity contribution in [2.45, 2.75) is 52.1 Å². The maximum atomic E-state index is 13.5. The predicted octanol–water partition coefficient (Wildman–Crippen LogP) is 5.32. The lowest BCUT2D eigenvalue weighted by atomic mass is 10.0. The van der Waals surface area contributed by atoms with E-state index in [1.54, 1.807) is 17.0 Å². The standard InChI is InChI=1S/C30H35FN2O3/c1-3-5-19-32-30(35)28(20-24-9-7-6-8-10-24)33(21-25-11-15-26(31)16-12-25)29(34)22-36-27-17-13-23(4-2)14-18-27/h6-18,28H,3-5,19-22H2,1-2H3,(H,32,35)/t28-/m0/s1. The van der Waals surface area contributed by atoms with E-state index in [0.29, 0.717) is 18.7 Å². The summed E-state index contributed by atoms with van der Waals surface area (Å²) in [4.78, 5) is 28.4. The minimum absolute atomic E-state index is 0.163. The fourth-order valence-electron chi connectivity index (χ4n) is 3.90. The number of amides is 2. The second kappa shape index (κ2) is 14.0. The monoisotopic (exact) mass is 490 g/mol. The number of unbranched alkanes of at least 4 members (excludes halogenated alkanes) is 1. The van der Waals surface area contributed by atoms with Crippen molar-refractivity contribution in [2.75, 3.05) is 13.2 Å². The molecule has 0 heterocycles. The molecule has 6 heteroatoms. The van der Waals surface area contributed by atoms with Crippen LogP contribution in [0.15, 0.2) is 78.9 Å². The minimum Gasteiger partial charge on any atom is -0.484 e. The van der Waals surface area contributed by atoms with Gasteiger partial charge in [-0.15, -0.1) is 0 Å². The van der Waals surface area contributed by atoms with Crippen molar-refractivity contribution in [1.82, 2.24) is 10.2 Å². The van der Waals surface area contributed by atoms with Crippen LogP contribution in [-0.2, 0) is 29.0 Å². The maximum Gasteiger partial charge on any atom is 0.261 e.